The van der Waals surface area contributed by atoms with Crippen LogP contribution in [0, 0.1) is 12.8 Å². The lowest BCUT2D eigenvalue weighted by atomic mass is 9.84. The van der Waals surface area contributed by atoms with Gasteiger partial charge in [0.2, 0.25) is 5.95 Å². The first-order valence-corrected chi connectivity index (χ1v) is 9.99. The van der Waals surface area contributed by atoms with Gasteiger partial charge in [0.1, 0.15) is 5.52 Å². The average molecular weight is 377 g/mol. The van der Waals surface area contributed by atoms with Crippen LogP contribution in [0.3, 0.4) is 0 Å². The van der Waals surface area contributed by atoms with Crippen molar-refractivity contribution in [2.75, 3.05) is 11.9 Å². The van der Waals surface area contributed by atoms with Gasteiger partial charge in [-0.25, -0.2) is 4.98 Å². The van der Waals surface area contributed by atoms with Gasteiger partial charge in [0.15, 0.2) is 5.82 Å². The molecule has 1 fully saturated rings. The quantitative estimate of drug-likeness (QED) is 0.683. The highest BCUT2D eigenvalue weighted by atomic mass is 15.4. The molecule has 4 rings (SSSR count). The second-order valence-corrected chi connectivity index (χ2v) is 7.44. The molecular weight excluding hydrogens is 350 g/mol. The predicted octanol–water partition coefficient (Wildman–Crippen LogP) is 3.61. The molecule has 28 heavy (non-hydrogen) atoms. The largest absolute Gasteiger partial charge is 0.389 e. The number of benzene rings is 1. The highest BCUT2D eigenvalue weighted by Gasteiger charge is 2.23. The molecule has 0 aliphatic heterocycles. The van der Waals surface area contributed by atoms with Crippen molar-refractivity contribution in [2.45, 2.75) is 45.6 Å². The van der Waals surface area contributed by atoms with Crippen LogP contribution < -0.4 is 10.6 Å². The zero-order valence-electron chi connectivity index (χ0n) is 16.5. The molecule has 7 nitrogen and oxygen atoms in total. The van der Waals surface area contributed by atoms with E-state index in [1.54, 1.807) is 4.68 Å². The van der Waals surface area contributed by atoms with Crippen molar-refractivity contribution in [1.82, 2.24) is 30.3 Å². The third-order valence-corrected chi connectivity index (χ3v) is 5.45. The first-order chi connectivity index (χ1) is 13.7. The van der Waals surface area contributed by atoms with Gasteiger partial charge in [0, 0.05) is 30.0 Å². The molecular formula is C21H27N7. The Morgan fingerprint density at radius 1 is 1.21 bits per heavy atom. The molecule has 146 valence electrons. The fraction of sp³-hybridized carbons (Fsp3) is 0.429. The summed E-state index contributed by atoms with van der Waals surface area (Å²) in [5, 5.41) is 15.4. The van der Waals surface area contributed by atoms with Crippen molar-refractivity contribution in [3.63, 3.8) is 0 Å². The first kappa shape index (κ1) is 18.4. The molecule has 0 bridgehead atoms. The maximum atomic E-state index is 4.75. The summed E-state index contributed by atoms with van der Waals surface area (Å²) < 4.78 is 1.79. The van der Waals surface area contributed by atoms with E-state index < -0.39 is 0 Å². The minimum absolute atomic E-state index is 0.383. The Morgan fingerprint density at radius 2 is 2.00 bits per heavy atom. The summed E-state index contributed by atoms with van der Waals surface area (Å²) in [6.45, 7) is 9.23. The van der Waals surface area contributed by atoms with E-state index in [1.807, 2.05) is 37.4 Å². The van der Waals surface area contributed by atoms with Crippen LogP contribution in [0.1, 0.15) is 38.2 Å². The number of anilines is 1. The summed E-state index contributed by atoms with van der Waals surface area (Å²) in [5.41, 5.74) is 3.94. The molecule has 0 amide bonds. The topological polar surface area (TPSA) is 80.5 Å². The molecule has 0 spiro atoms. The van der Waals surface area contributed by atoms with Crippen molar-refractivity contribution in [1.29, 1.82) is 0 Å². The van der Waals surface area contributed by atoms with Crippen LogP contribution in [0.5, 0.6) is 0 Å². The van der Waals surface area contributed by atoms with Gasteiger partial charge >= 0.3 is 0 Å². The van der Waals surface area contributed by atoms with Crippen LogP contribution in [-0.2, 0) is 0 Å². The molecule has 3 aromatic rings. The van der Waals surface area contributed by atoms with Gasteiger partial charge in [0.05, 0.1) is 5.52 Å². The van der Waals surface area contributed by atoms with E-state index in [0.29, 0.717) is 17.9 Å². The lowest BCUT2D eigenvalue weighted by Crippen LogP contribution is -2.30. The van der Waals surface area contributed by atoms with Gasteiger partial charge in [-0.05, 0) is 57.6 Å². The molecule has 1 aliphatic carbocycles. The zero-order chi connectivity index (χ0) is 19.5. The second kappa shape index (κ2) is 7.96. The molecule has 2 aromatic heterocycles. The SMILES string of the molecule is C=C(NCC)[C@H]1CC[C@H](Nc2ncc(C)c(-n3nnc4ccccc43)n2)CC1. The maximum Gasteiger partial charge on any atom is 0.224 e. The monoisotopic (exact) mass is 377 g/mol. The molecule has 0 radical (unpaired) electrons. The lowest BCUT2D eigenvalue weighted by Gasteiger charge is -2.30. The van der Waals surface area contributed by atoms with Gasteiger partial charge in [0.25, 0.3) is 0 Å². The molecule has 0 unspecified atom stereocenters. The lowest BCUT2D eigenvalue weighted by molar-refractivity contribution is 0.364. The van der Waals surface area contributed by atoms with Gasteiger partial charge in [-0.15, -0.1) is 5.10 Å². The molecule has 7 heteroatoms. The number of rotatable bonds is 6. The Labute approximate surface area is 165 Å². The average Bonchev–Trinajstić information content (AvgIpc) is 3.14. The number of nitrogens with zero attached hydrogens (tertiary/aromatic N) is 5. The van der Waals surface area contributed by atoms with Crippen molar-refractivity contribution >= 4 is 17.0 Å². The number of fused-ring (bicyclic) bond motifs is 1. The first-order valence-electron chi connectivity index (χ1n) is 9.99. The molecule has 2 heterocycles. The summed E-state index contributed by atoms with van der Waals surface area (Å²) in [5.74, 6) is 1.98. The fourth-order valence-electron chi connectivity index (χ4n) is 3.88. The standard InChI is InChI=1S/C21H27N7/c1-4-22-15(3)16-9-11-17(12-10-16)24-21-23-13-14(2)20(25-21)28-19-8-6-5-7-18(19)26-27-28/h5-8,13,16-17,22H,3-4,9-12H2,1-2H3,(H,23,24,25)/t16-,17-. The minimum atomic E-state index is 0.383. The smallest absolute Gasteiger partial charge is 0.224 e. The van der Waals surface area contributed by atoms with E-state index >= 15 is 0 Å². The Kier molecular flexibility index (Phi) is 5.23. The number of aryl methyl sites for hydroxylation is 1. The summed E-state index contributed by atoms with van der Waals surface area (Å²) in [7, 11) is 0. The summed E-state index contributed by atoms with van der Waals surface area (Å²) in [4.78, 5) is 9.24. The number of allylic oxidation sites excluding steroid dienone is 1. The van der Waals surface area contributed by atoms with E-state index in [-0.39, 0.29) is 0 Å². The van der Waals surface area contributed by atoms with E-state index in [2.05, 4.69) is 39.4 Å². The Hall–Kier alpha value is -2.96. The fourth-order valence-corrected chi connectivity index (χ4v) is 3.88. The number of para-hydroxylation sites is 1. The number of hydrogen-bond acceptors (Lipinski definition) is 6. The zero-order valence-corrected chi connectivity index (χ0v) is 16.5. The van der Waals surface area contributed by atoms with Crippen LogP contribution in [0.2, 0.25) is 0 Å². The second-order valence-electron chi connectivity index (χ2n) is 7.44. The number of aromatic nitrogens is 5. The van der Waals surface area contributed by atoms with Gasteiger partial charge < -0.3 is 10.6 Å². The molecule has 1 aliphatic rings. The van der Waals surface area contributed by atoms with Crippen molar-refractivity contribution in [2.24, 2.45) is 5.92 Å². The van der Waals surface area contributed by atoms with E-state index in [9.17, 15) is 0 Å². The molecule has 2 N–H and O–H groups in total. The molecule has 0 atom stereocenters. The predicted molar refractivity (Wildman–Crippen MR) is 111 cm³/mol. The molecule has 1 saturated carbocycles. The van der Waals surface area contributed by atoms with Crippen molar-refractivity contribution in [3.05, 3.63) is 48.3 Å². The normalized spacial score (nSPS) is 19.5. The van der Waals surface area contributed by atoms with Crippen LogP contribution >= 0.6 is 0 Å². The highest BCUT2D eigenvalue weighted by molar-refractivity contribution is 5.75. The van der Waals surface area contributed by atoms with Crippen LogP contribution in [0.25, 0.3) is 16.9 Å². The van der Waals surface area contributed by atoms with Crippen LogP contribution in [0.4, 0.5) is 5.95 Å². The Balaban J connectivity index is 1.49. The summed E-state index contributed by atoms with van der Waals surface area (Å²) in [6.07, 6.45) is 6.30. The highest BCUT2D eigenvalue weighted by Crippen LogP contribution is 2.29. The maximum absolute atomic E-state index is 4.75. The van der Waals surface area contributed by atoms with E-state index in [0.717, 1.165) is 54.6 Å². The van der Waals surface area contributed by atoms with Gasteiger partial charge in [-0.1, -0.05) is 23.9 Å². The summed E-state index contributed by atoms with van der Waals surface area (Å²) >= 11 is 0. The number of nitrogens with one attached hydrogen (secondary N) is 2. The molecule has 1 aromatic carbocycles. The van der Waals surface area contributed by atoms with Gasteiger partial charge in [-0.2, -0.15) is 9.67 Å². The van der Waals surface area contributed by atoms with Gasteiger partial charge in [-0.3, -0.25) is 0 Å². The van der Waals surface area contributed by atoms with E-state index in [4.69, 9.17) is 4.98 Å². The van der Waals surface area contributed by atoms with Crippen LogP contribution in [0.15, 0.2) is 42.7 Å². The van der Waals surface area contributed by atoms with Crippen molar-refractivity contribution < 1.29 is 0 Å². The number of hydrogen-bond donors (Lipinski definition) is 2. The third kappa shape index (κ3) is 3.69. The van der Waals surface area contributed by atoms with Crippen molar-refractivity contribution in [3.8, 4) is 5.82 Å². The molecule has 0 saturated heterocycles. The minimum Gasteiger partial charge on any atom is -0.389 e. The third-order valence-electron chi connectivity index (χ3n) is 5.45. The summed E-state index contributed by atoms with van der Waals surface area (Å²) in [6, 6.07) is 8.28. The van der Waals surface area contributed by atoms with E-state index in [1.165, 1.54) is 5.70 Å². The Morgan fingerprint density at radius 3 is 2.79 bits per heavy atom. The van der Waals surface area contributed by atoms with Crippen LogP contribution in [-0.4, -0.2) is 37.5 Å². The Bertz CT molecular complexity index is 970.